The maximum Gasteiger partial charge on any atom is 0.243 e. The number of rotatable bonds is 6. The van der Waals surface area contributed by atoms with Crippen molar-refractivity contribution in [2.75, 3.05) is 39.4 Å². The molecule has 158 valence electrons. The van der Waals surface area contributed by atoms with Gasteiger partial charge in [0, 0.05) is 32.1 Å². The number of aryl methyl sites for hydroxylation is 1. The summed E-state index contributed by atoms with van der Waals surface area (Å²) in [5, 5.41) is 6.41. The number of sulfonamides is 1. The summed E-state index contributed by atoms with van der Waals surface area (Å²) in [6.07, 6.45) is 2.07. The summed E-state index contributed by atoms with van der Waals surface area (Å²) >= 11 is 0. The summed E-state index contributed by atoms with van der Waals surface area (Å²) in [4.78, 5) is 12.5. The summed E-state index contributed by atoms with van der Waals surface area (Å²) in [6, 6.07) is 7.04. The Morgan fingerprint density at radius 3 is 2.57 bits per heavy atom. The second-order valence-corrected chi connectivity index (χ2v) is 9.24. The Bertz CT molecular complexity index is 736. The van der Waals surface area contributed by atoms with Gasteiger partial charge in [0.1, 0.15) is 0 Å². The van der Waals surface area contributed by atoms with E-state index in [0.717, 1.165) is 25.1 Å². The quantitative estimate of drug-likeness (QED) is 0.706. The molecule has 0 radical (unpaired) electrons. The fourth-order valence-corrected chi connectivity index (χ4v) is 4.89. The zero-order chi connectivity index (χ0) is 19.3. The lowest BCUT2D eigenvalue weighted by atomic mass is 9.94. The minimum absolute atomic E-state index is 0. The first-order valence-corrected chi connectivity index (χ1v) is 11.1. The van der Waals surface area contributed by atoms with E-state index < -0.39 is 10.0 Å². The van der Waals surface area contributed by atoms with Crippen molar-refractivity contribution < 1.29 is 17.9 Å². The van der Waals surface area contributed by atoms with E-state index in [9.17, 15) is 13.2 Å². The van der Waals surface area contributed by atoms with E-state index in [1.165, 1.54) is 4.31 Å². The molecule has 0 saturated carbocycles. The molecule has 2 saturated heterocycles. The van der Waals surface area contributed by atoms with Crippen molar-refractivity contribution in [3.63, 3.8) is 0 Å². The van der Waals surface area contributed by atoms with Gasteiger partial charge in [-0.1, -0.05) is 19.1 Å². The molecule has 2 N–H and O–H groups in total. The smallest absolute Gasteiger partial charge is 0.243 e. The first-order chi connectivity index (χ1) is 13.0. The van der Waals surface area contributed by atoms with Crippen molar-refractivity contribution in [2.24, 2.45) is 5.92 Å². The molecule has 2 heterocycles. The van der Waals surface area contributed by atoms with Gasteiger partial charge < -0.3 is 15.4 Å². The summed E-state index contributed by atoms with van der Waals surface area (Å²) in [6.45, 7) is 5.63. The predicted molar refractivity (Wildman–Crippen MR) is 110 cm³/mol. The fourth-order valence-electron chi connectivity index (χ4n) is 3.48. The molecular formula is C19H30ClN3O4S. The van der Waals surface area contributed by atoms with Gasteiger partial charge >= 0.3 is 0 Å². The molecule has 2 aliphatic rings. The molecule has 28 heavy (non-hydrogen) atoms. The third kappa shape index (κ3) is 5.90. The molecule has 0 aliphatic carbocycles. The molecule has 2 unspecified atom stereocenters. The number of hydrogen-bond donors (Lipinski definition) is 2. The number of piperidine rings is 1. The average Bonchev–Trinajstić information content (AvgIpc) is 2.69. The predicted octanol–water partition coefficient (Wildman–Crippen LogP) is 1.18. The highest BCUT2D eigenvalue weighted by molar-refractivity contribution is 7.89. The maximum atomic E-state index is 12.6. The number of amides is 1. The summed E-state index contributed by atoms with van der Waals surface area (Å²) < 4.78 is 31.9. The third-order valence-corrected chi connectivity index (χ3v) is 7.26. The molecule has 1 amide bonds. The number of ether oxygens (including phenoxy) is 1. The van der Waals surface area contributed by atoms with Crippen LogP contribution in [0.5, 0.6) is 0 Å². The van der Waals surface area contributed by atoms with Gasteiger partial charge in [-0.05, 0) is 43.0 Å². The van der Waals surface area contributed by atoms with Crippen molar-refractivity contribution >= 4 is 28.3 Å². The molecule has 2 atom stereocenters. The van der Waals surface area contributed by atoms with E-state index in [4.69, 9.17) is 4.74 Å². The first kappa shape index (κ1) is 23.1. The Kier molecular flexibility index (Phi) is 8.70. The first-order valence-electron chi connectivity index (χ1n) is 9.64. The minimum atomic E-state index is -3.47. The Morgan fingerprint density at radius 1 is 1.25 bits per heavy atom. The number of morpholine rings is 1. The van der Waals surface area contributed by atoms with Crippen LogP contribution < -0.4 is 10.6 Å². The van der Waals surface area contributed by atoms with Crippen molar-refractivity contribution in [3.05, 3.63) is 29.8 Å². The molecule has 2 aliphatic heterocycles. The van der Waals surface area contributed by atoms with Crippen molar-refractivity contribution in [1.29, 1.82) is 0 Å². The largest absolute Gasteiger partial charge is 0.379 e. The number of hydrogen-bond acceptors (Lipinski definition) is 5. The average molecular weight is 432 g/mol. The standard InChI is InChI=1S/C19H29N3O4S.ClH/c1-15-8-9-20-14-18(15)21-19(23)7-4-16-2-5-17(6-3-16)27(24,25)22-10-12-26-13-11-22;/h2-3,5-6,15,18,20H,4,7-14H2,1H3,(H,21,23);1H. The molecule has 0 aromatic heterocycles. The van der Waals surface area contributed by atoms with Gasteiger partial charge in [0.2, 0.25) is 15.9 Å². The summed E-state index contributed by atoms with van der Waals surface area (Å²) in [7, 11) is -3.47. The Labute approximate surface area is 173 Å². The van der Waals surface area contributed by atoms with Gasteiger partial charge in [0.05, 0.1) is 18.1 Å². The number of benzene rings is 1. The lowest BCUT2D eigenvalue weighted by Crippen LogP contribution is -2.50. The molecule has 2 fully saturated rings. The molecule has 0 spiro atoms. The van der Waals surface area contributed by atoms with Crippen LogP contribution >= 0.6 is 12.4 Å². The molecule has 7 nitrogen and oxygen atoms in total. The Hall–Kier alpha value is -1.19. The second kappa shape index (κ2) is 10.5. The maximum absolute atomic E-state index is 12.6. The van der Waals surface area contributed by atoms with Gasteiger partial charge in [0.25, 0.3) is 0 Å². The van der Waals surface area contributed by atoms with Gasteiger partial charge in [-0.2, -0.15) is 4.31 Å². The molecule has 9 heteroatoms. The summed E-state index contributed by atoms with van der Waals surface area (Å²) in [5.74, 6) is 0.528. The van der Waals surface area contributed by atoms with Crippen molar-refractivity contribution in [3.8, 4) is 0 Å². The van der Waals surface area contributed by atoms with Crippen LogP contribution in [-0.2, 0) is 26.0 Å². The van der Waals surface area contributed by atoms with Crippen LogP contribution in [0.4, 0.5) is 0 Å². The van der Waals surface area contributed by atoms with E-state index in [0.29, 0.717) is 50.0 Å². The van der Waals surface area contributed by atoms with Crippen LogP contribution in [0.25, 0.3) is 0 Å². The molecule has 3 rings (SSSR count). The Morgan fingerprint density at radius 2 is 1.93 bits per heavy atom. The normalized spacial score (nSPS) is 23.6. The van der Waals surface area contributed by atoms with E-state index >= 15 is 0 Å². The van der Waals surface area contributed by atoms with Crippen LogP contribution in [-0.4, -0.2) is 64.1 Å². The third-order valence-electron chi connectivity index (χ3n) is 5.35. The van der Waals surface area contributed by atoms with Gasteiger partial charge in [-0.15, -0.1) is 12.4 Å². The van der Waals surface area contributed by atoms with Crippen LogP contribution in [0.15, 0.2) is 29.2 Å². The second-order valence-electron chi connectivity index (χ2n) is 7.30. The minimum Gasteiger partial charge on any atom is -0.379 e. The van der Waals surface area contributed by atoms with Crippen LogP contribution in [0, 0.1) is 5.92 Å². The number of halogens is 1. The fraction of sp³-hybridized carbons (Fsp3) is 0.632. The number of nitrogens with one attached hydrogen (secondary N) is 2. The monoisotopic (exact) mass is 431 g/mol. The molecule has 1 aromatic carbocycles. The highest BCUT2D eigenvalue weighted by atomic mass is 35.5. The van der Waals surface area contributed by atoms with Crippen molar-refractivity contribution in [2.45, 2.75) is 37.1 Å². The van der Waals surface area contributed by atoms with Gasteiger partial charge in [0.15, 0.2) is 0 Å². The number of carbonyl (C=O) groups is 1. The topological polar surface area (TPSA) is 87.7 Å². The van der Waals surface area contributed by atoms with Crippen LogP contribution in [0.2, 0.25) is 0 Å². The van der Waals surface area contributed by atoms with E-state index in [1.54, 1.807) is 24.3 Å². The highest BCUT2D eigenvalue weighted by Gasteiger charge is 2.26. The van der Waals surface area contributed by atoms with E-state index in [2.05, 4.69) is 17.6 Å². The molecule has 0 bridgehead atoms. The van der Waals surface area contributed by atoms with Gasteiger partial charge in [-0.3, -0.25) is 4.79 Å². The van der Waals surface area contributed by atoms with E-state index in [1.807, 2.05) is 0 Å². The van der Waals surface area contributed by atoms with E-state index in [-0.39, 0.29) is 24.4 Å². The lowest BCUT2D eigenvalue weighted by Gasteiger charge is -2.30. The number of carbonyl (C=O) groups excluding carboxylic acids is 1. The SMILES string of the molecule is CC1CCNCC1NC(=O)CCc1ccc(S(=O)(=O)N2CCOCC2)cc1.Cl. The lowest BCUT2D eigenvalue weighted by molar-refractivity contribution is -0.122. The number of nitrogens with zero attached hydrogens (tertiary/aromatic N) is 1. The zero-order valence-electron chi connectivity index (χ0n) is 16.2. The molecular weight excluding hydrogens is 402 g/mol. The van der Waals surface area contributed by atoms with Crippen LogP contribution in [0.1, 0.15) is 25.3 Å². The highest BCUT2D eigenvalue weighted by Crippen LogP contribution is 2.18. The molecule has 1 aromatic rings. The van der Waals surface area contributed by atoms with Gasteiger partial charge in [-0.25, -0.2) is 8.42 Å². The Balaban J connectivity index is 0.00000280. The van der Waals surface area contributed by atoms with Crippen LogP contribution in [0.3, 0.4) is 0 Å². The zero-order valence-corrected chi connectivity index (χ0v) is 17.9. The summed E-state index contributed by atoms with van der Waals surface area (Å²) in [5.41, 5.74) is 0.959. The van der Waals surface area contributed by atoms with Crippen molar-refractivity contribution in [1.82, 2.24) is 14.9 Å².